The van der Waals surface area contributed by atoms with Crippen LogP contribution in [0.25, 0.3) is 11.3 Å². The van der Waals surface area contributed by atoms with Crippen LogP contribution >= 0.6 is 0 Å². The molecule has 3 amide bonds. The van der Waals surface area contributed by atoms with Crippen LogP contribution in [0, 0.1) is 11.8 Å². The van der Waals surface area contributed by atoms with Crippen molar-refractivity contribution in [3.63, 3.8) is 0 Å². The van der Waals surface area contributed by atoms with Crippen molar-refractivity contribution in [2.24, 2.45) is 17.6 Å². The Morgan fingerprint density at radius 3 is 2.26 bits per heavy atom. The molecule has 0 aliphatic heterocycles. The molecule has 10 heteroatoms. The summed E-state index contributed by atoms with van der Waals surface area (Å²) in [7, 11) is 3.16. The first-order chi connectivity index (χ1) is 16.6. The van der Waals surface area contributed by atoms with Crippen molar-refractivity contribution in [2.45, 2.75) is 53.1 Å². The molecule has 0 radical (unpaired) electrons. The zero-order chi connectivity index (χ0) is 26.1. The van der Waals surface area contributed by atoms with E-state index in [0.717, 1.165) is 6.42 Å². The van der Waals surface area contributed by atoms with Crippen LogP contribution in [0.15, 0.2) is 24.3 Å². The fourth-order valence-corrected chi connectivity index (χ4v) is 3.55. The summed E-state index contributed by atoms with van der Waals surface area (Å²) in [6, 6.07) is 6.75. The molecule has 0 fully saturated rings. The van der Waals surface area contributed by atoms with Crippen molar-refractivity contribution < 1.29 is 23.9 Å². The highest BCUT2D eigenvalue weighted by Crippen LogP contribution is 2.39. The minimum atomic E-state index is -0.630. The summed E-state index contributed by atoms with van der Waals surface area (Å²) in [6.45, 7) is 8.37. The van der Waals surface area contributed by atoms with E-state index in [1.54, 1.807) is 25.0 Å². The summed E-state index contributed by atoms with van der Waals surface area (Å²) in [5, 5.41) is 9.98. The molecule has 0 saturated heterocycles. The third kappa shape index (κ3) is 7.46. The molecule has 0 spiro atoms. The Morgan fingerprint density at radius 2 is 1.74 bits per heavy atom. The summed E-state index contributed by atoms with van der Waals surface area (Å²) < 4.78 is 13.0. The van der Waals surface area contributed by atoms with E-state index in [2.05, 4.69) is 29.6 Å². The Morgan fingerprint density at radius 1 is 1.11 bits per heavy atom. The predicted octanol–water partition coefficient (Wildman–Crippen LogP) is 2.36. The minimum absolute atomic E-state index is 0.0114. The summed E-state index contributed by atoms with van der Waals surface area (Å²) in [5.41, 5.74) is 6.71. The number of nitrogens with zero attached hydrogens (tertiary/aromatic N) is 2. The Hall–Kier alpha value is -3.56. The van der Waals surface area contributed by atoms with Gasteiger partial charge in [0, 0.05) is 19.0 Å². The molecule has 4 N–H and O–H groups in total. The summed E-state index contributed by atoms with van der Waals surface area (Å²) in [5.74, 6) is 0.0982. The minimum Gasteiger partial charge on any atom is -0.496 e. The molecule has 192 valence electrons. The Balaban J connectivity index is 2.39. The van der Waals surface area contributed by atoms with Gasteiger partial charge in [0.2, 0.25) is 11.8 Å². The van der Waals surface area contributed by atoms with Crippen LogP contribution in [0.2, 0.25) is 0 Å². The fraction of sp³-hybridized carbons (Fsp3) is 0.520. The molecule has 0 bridgehead atoms. The lowest BCUT2D eigenvalue weighted by atomic mass is 10.00. The van der Waals surface area contributed by atoms with Crippen LogP contribution in [0.3, 0.4) is 0 Å². The number of hydrogen-bond acceptors (Lipinski definition) is 6. The molecule has 2 rings (SSSR count). The lowest BCUT2D eigenvalue weighted by Gasteiger charge is -2.21. The maximum Gasteiger partial charge on any atom is 0.272 e. The van der Waals surface area contributed by atoms with Crippen LogP contribution in [-0.2, 0) is 16.1 Å². The molecule has 0 aliphatic rings. The predicted molar refractivity (Wildman–Crippen MR) is 133 cm³/mol. The van der Waals surface area contributed by atoms with Gasteiger partial charge in [-0.2, -0.15) is 5.10 Å². The molecule has 1 aromatic carbocycles. The second-order valence-corrected chi connectivity index (χ2v) is 8.92. The number of hydrogen-bond donors (Lipinski definition) is 3. The van der Waals surface area contributed by atoms with Crippen molar-refractivity contribution in [1.82, 2.24) is 20.4 Å². The van der Waals surface area contributed by atoms with Gasteiger partial charge in [0.1, 0.15) is 11.5 Å². The molecular weight excluding hydrogens is 450 g/mol. The average Bonchev–Trinajstić information content (AvgIpc) is 3.24. The van der Waals surface area contributed by atoms with Gasteiger partial charge < -0.3 is 25.8 Å². The van der Waals surface area contributed by atoms with Gasteiger partial charge in [0.15, 0.2) is 5.69 Å². The van der Waals surface area contributed by atoms with Crippen LogP contribution in [0.4, 0.5) is 0 Å². The molecule has 0 aliphatic carbocycles. The van der Waals surface area contributed by atoms with E-state index < -0.39 is 17.9 Å². The van der Waals surface area contributed by atoms with Gasteiger partial charge in [-0.1, -0.05) is 40.2 Å². The van der Waals surface area contributed by atoms with Gasteiger partial charge in [-0.15, -0.1) is 0 Å². The van der Waals surface area contributed by atoms with E-state index in [-0.39, 0.29) is 30.5 Å². The lowest BCUT2D eigenvalue weighted by molar-refractivity contribution is -0.125. The first-order valence-electron chi connectivity index (χ1n) is 11.8. The number of ether oxygens (including phenoxy) is 2. The summed E-state index contributed by atoms with van der Waals surface area (Å²) >= 11 is 0. The van der Waals surface area contributed by atoms with Crippen molar-refractivity contribution >= 4 is 17.7 Å². The van der Waals surface area contributed by atoms with Crippen molar-refractivity contribution in [1.29, 1.82) is 0 Å². The monoisotopic (exact) mass is 487 g/mol. The number of rotatable bonds is 13. The molecule has 10 nitrogen and oxygen atoms in total. The van der Waals surface area contributed by atoms with Crippen LogP contribution in [-0.4, -0.2) is 54.3 Å². The maximum atomic E-state index is 13.2. The second kappa shape index (κ2) is 12.8. The van der Waals surface area contributed by atoms with Gasteiger partial charge in [-0.25, -0.2) is 0 Å². The smallest absolute Gasteiger partial charge is 0.272 e. The first kappa shape index (κ1) is 27.7. The molecule has 2 atom stereocenters. The zero-order valence-corrected chi connectivity index (χ0v) is 21.4. The normalized spacial score (nSPS) is 12.7. The van der Waals surface area contributed by atoms with Gasteiger partial charge in [-0.05, 0) is 30.0 Å². The van der Waals surface area contributed by atoms with E-state index in [1.165, 1.54) is 0 Å². The SMILES string of the molecule is CCC(C)Cn1nc(C(=O)NC(CC(=O)NCC(N)=O)C(C)C)cc1-c1c(OC)cccc1OC. The molecule has 0 saturated carbocycles. The summed E-state index contributed by atoms with van der Waals surface area (Å²) in [4.78, 5) is 36.4. The van der Waals surface area contributed by atoms with Gasteiger partial charge in [0.25, 0.3) is 5.91 Å². The summed E-state index contributed by atoms with van der Waals surface area (Å²) in [6.07, 6.45) is 0.956. The molecule has 1 aromatic heterocycles. The number of nitrogens with two attached hydrogens (primary N) is 1. The van der Waals surface area contributed by atoms with Crippen LogP contribution in [0.1, 0.15) is 51.0 Å². The molecule has 2 unspecified atom stereocenters. The van der Waals surface area contributed by atoms with Gasteiger partial charge >= 0.3 is 0 Å². The fourth-order valence-electron chi connectivity index (χ4n) is 3.55. The maximum absolute atomic E-state index is 13.2. The number of aromatic nitrogens is 2. The number of amides is 3. The second-order valence-electron chi connectivity index (χ2n) is 8.92. The highest BCUT2D eigenvalue weighted by Gasteiger charge is 2.25. The number of carbonyl (C=O) groups is 3. The zero-order valence-electron chi connectivity index (χ0n) is 21.4. The Labute approximate surface area is 206 Å². The van der Waals surface area contributed by atoms with Crippen molar-refractivity contribution in [2.75, 3.05) is 20.8 Å². The number of carbonyl (C=O) groups excluding carboxylic acids is 3. The molecular formula is C25H37N5O5. The first-order valence-corrected chi connectivity index (χ1v) is 11.8. The Bertz CT molecular complexity index is 1010. The number of nitrogens with one attached hydrogen (secondary N) is 2. The van der Waals surface area contributed by atoms with E-state index >= 15 is 0 Å². The van der Waals surface area contributed by atoms with Crippen molar-refractivity contribution in [3.8, 4) is 22.8 Å². The van der Waals surface area contributed by atoms with E-state index in [0.29, 0.717) is 35.2 Å². The Kier molecular flexibility index (Phi) is 10.1. The topological polar surface area (TPSA) is 138 Å². The molecule has 2 aromatic rings. The third-order valence-corrected chi connectivity index (χ3v) is 5.86. The van der Waals surface area contributed by atoms with E-state index in [1.807, 2.05) is 32.0 Å². The van der Waals surface area contributed by atoms with Crippen LogP contribution < -0.4 is 25.8 Å². The average molecular weight is 488 g/mol. The van der Waals surface area contributed by atoms with Gasteiger partial charge in [-0.3, -0.25) is 19.1 Å². The number of methoxy groups -OCH3 is 2. The van der Waals surface area contributed by atoms with Crippen molar-refractivity contribution in [3.05, 3.63) is 30.0 Å². The van der Waals surface area contributed by atoms with E-state index in [4.69, 9.17) is 15.2 Å². The lowest BCUT2D eigenvalue weighted by Crippen LogP contribution is -2.43. The van der Waals surface area contributed by atoms with E-state index in [9.17, 15) is 14.4 Å². The number of primary amides is 1. The molecule has 1 heterocycles. The highest BCUT2D eigenvalue weighted by molar-refractivity contribution is 5.94. The third-order valence-electron chi connectivity index (χ3n) is 5.86. The number of benzene rings is 1. The van der Waals surface area contributed by atoms with Crippen LogP contribution in [0.5, 0.6) is 11.5 Å². The standard InChI is InChI=1S/C25H37N5O5/c1-7-16(4)14-30-19(24-20(34-5)9-8-10-21(24)35-6)11-18(29-30)25(33)28-17(15(2)3)12-23(32)27-13-22(26)31/h8-11,15-17H,7,12-14H2,1-6H3,(H2,26,31)(H,27,32)(H,28,33). The van der Waals surface area contributed by atoms with Gasteiger partial charge in [0.05, 0.1) is 32.0 Å². The highest BCUT2D eigenvalue weighted by atomic mass is 16.5. The molecule has 35 heavy (non-hydrogen) atoms. The quantitative estimate of drug-likeness (QED) is 0.397. The largest absolute Gasteiger partial charge is 0.496 e.